The summed E-state index contributed by atoms with van der Waals surface area (Å²) >= 11 is 3.39. The number of nitrogens with one attached hydrogen (secondary N) is 1. The summed E-state index contributed by atoms with van der Waals surface area (Å²) in [6.07, 6.45) is 0. The lowest BCUT2D eigenvalue weighted by atomic mass is 10.1. The van der Waals surface area contributed by atoms with Crippen LogP contribution in [0.3, 0.4) is 0 Å². The summed E-state index contributed by atoms with van der Waals surface area (Å²) in [5.74, 6) is 0.392. The SMILES string of the molecule is COc1ccc(C(C#N)Nc2ccc(F)cc2)cc1Br. The highest BCUT2D eigenvalue weighted by Crippen LogP contribution is 2.29. The number of benzene rings is 2. The molecular weight excluding hydrogens is 323 g/mol. The van der Waals surface area contributed by atoms with E-state index >= 15 is 0 Å². The Morgan fingerprint density at radius 2 is 1.95 bits per heavy atom. The van der Waals surface area contributed by atoms with Gasteiger partial charge in [0.1, 0.15) is 17.6 Å². The monoisotopic (exact) mass is 334 g/mol. The van der Waals surface area contributed by atoms with E-state index in [1.807, 2.05) is 12.1 Å². The molecule has 1 unspecified atom stereocenters. The van der Waals surface area contributed by atoms with E-state index in [9.17, 15) is 9.65 Å². The van der Waals surface area contributed by atoms with Gasteiger partial charge in [-0.25, -0.2) is 4.39 Å². The van der Waals surface area contributed by atoms with E-state index in [0.29, 0.717) is 11.4 Å². The van der Waals surface area contributed by atoms with Crippen LogP contribution < -0.4 is 10.1 Å². The molecule has 2 aromatic carbocycles. The maximum atomic E-state index is 12.9. The summed E-state index contributed by atoms with van der Waals surface area (Å²) in [5.41, 5.74) is 1.48. The lowest BCUT2D eigenvalue weighted by Crippen LogP contribution is -2.08. The molecule has 3 nitrogen and oxygen atoms in total. The molecule has 1 atom stereocenters. The topological polar surface area (TPSA) is 45.0 Å². The number of rotatable bonds is 4. The van der Waals surface area contributed by atoms with Gasteiger partial charge in [0.05, 0.1) is 17.7 Å². The highest BCUT2D eigenvalue weighted by atomic mass is 79.9. The average molecular weight is 335 g/mol. The van der Waals surface area contributed by atoms with Crippen molar-refractivity contribution in [3.63, 3.8) is 0 Å². The third-order valence-electron chi connectivity index (χ3n) is 2.79. The smallest absolute Gasteiger partial charge is 0.140 e. The molecule has 2 aromatic rings. The van der Waals surface area contributed by atoms with Gasteiger partial charge in [-0.1, -0.05) is 6.07 Å². The average Bonchev–Trinajstić information content (AvgIpc) is 2.46. The molecule has 0 aliphatic heterocycles. The number of methoxy groups -OCH3 is 1. The molecular formula is C15H12BrFN2O. The maximum absolute atomic E-state index is 12.9. The van der Waals surface area contributed by atoms with Gasteiger partial charge in [0.15, 0.2) is 0 Å². The summed E-state index contributed by atoms with van der Waals surface area (Å²) in [4.78, 5) is 0. The fourth-order valence-electron chi connectivity index (χ4n) is 1.77. The Morgan fingerprint density at radius 1 is 1.25 bits per heavy atom. The minimum absolute atomic E-state index is 0.309. The number of nitriles is 1. The zero-order chi connectivity index (χ0) is 14.5. The molecule has 20 heavy (non-hydrogen) atoms. The molecule has 102 valence electrons. The molecule has 0 heterocycles. The standard InChI is InChI=1S/C15H12BrFN2O/c1-20-15-7-2-10(8-13(15)16)14(9-18)19-12-5-3-11(17)4-6-12/h2-8,14,19H,1H3. The lowest BCUT2D eigenvalue weighted by molar-refractivity contribution is 0.412. The van der Waals surface area contributed by atoms with Gasteiger partial charge in [0, 0.05) is 5.69 Å². The van der Waals surface area contributed by atoms with E-state index < -0.39 is 6.04 Å². The molecule has 0 fully saturated rings. The highest BCUT2D eigenvalue weighted by molar-refractivity contribution is 9.10. The normalized spacial score (nSPS) is 11.5. The Hall–Kier alpha value is -2.06. The molecule has 0 aliphatic rings. The van der Waals surface area contributed by atoms with Crippen molar-refractivity contribution in [2.45, 2.75) is 6.04 Å². The molecule has 0 radical (unpaired) electrons. The predicted octanol–water partition coefficient (Wildman–Crippen LogP) is 4.27. The van der Waals surface area contributed by atoms with Gasteiger partial charge < -0.3 is 10.1 Å². The third kappa shape index (κ3) is 3.28. The highest BCUT2D eigenvalue weighted by Gasteiger charge is 2.12. The lowest BCUT2D eigenvalue weighted by Gasteiger charge is -2.14. The maximum Gasteiger partial charge on any atom is 0.140 e. The molecule has 0 amide bonds. The fourth-order valence-corrected chi connectivity index (χ4v) is 2.32. The number of anilines is 1. The van der Waals surface area contributed by atoms with Crippen LogP contribution in [-0.4, -0.2) is 7.11 Å². The van der Waals surface area contributed by atoms with Crippen LogP contribution in [0.15, 0.2) is 46.9 Å². The second-order valence-electron chi connectivity index (χ2n) is 4.11. The van der Waals surface area contributed by atoms with Gasteiger partial charge in [-0.3, -0.25) is 0 Å². The Kier molecular flexibility index (Phi) is 4.59. The molecule has 0 spiro atoms. The van der Waals surface area contributed by atoms with Crippen molar-refractivity contribution in [1.29, 1.82) is 5.26 Å². The van der Waals surface area contributed by atoms with Crippen molar-refractivity contribution >= 4 is 21.6 Å². The molecule has 0 aliphatic carbocycles. The first kappa shape index (κ1) is 14.4. The second kappa shape index (κ2) is 6.40. The predicted molar refractivity (Wildman–Crippen MR) is 79.1 cm³/mol. The number of ether oxygens (including phenoxy) is 1. The van der Waals surface area contributed by atoms with Crippen molar-refractivity contribution in [1.82, 2.24) is 0 Å². The minimum Gasteiger partial charge on any atom is -0.496 e. The fraction of sp³-hybridized carbons (Fsp3) is 0.133. The third-order valence-corrected chi connectivity index (χ3v) is 3.41. The first-order valence-electron chi connectivity index (χ1n) is 5.89. The first-order valence-corrected chi connectivity index (χ1v) is 6.68. The molecule has 2 rings (SSSR count). The molecule has 1 N–H and O–H groups in total. The van der Waals surface area contributed by atoms with Gasteiger partial charge in [0.2, 0.25) is 0 Å². The first-order chi connectivity index (χ1) is 9.63. The Bertz CT molecular complexity index is 637. The van der Waals surface area contributed by atoms with Crippen LogP contribution in [0.5, 0.6) is 5.75 Å². The van der Waals surface area contributed by atoms with Crippen LogP contribution in [0.25, 0.3) is 0 Å². The van der Waals surface area contributed by atoms with E-state index in [2.05, 4.69) is 27.3 Å². The van der Waals surface area contributed by atoms with E-state index in [0.717, 1.165) is 10.0 Å². The second-order valence-corrected chi connectivity index (χ2v) is 4.96. The van der Waals surface area contributed by atoms with E-state index in [4.69, 9.17) is 4.74 Å². The van der Waals surface area contributed by atoms with E-state index in [-0.39, 0.29) is 5.82 Å². The van der Waals surface area contributed by atoms with Gasteiger partial charge >= 0.3 is 0 Å². The van der Waals surface area contributed by atoms with Gasteiger partial charge in [0.25, 0.3) is 0 Å². The van der Waals surface area contributed by atoms with Crippen molar-refractivity contribution in [2.24, 2.45) is 0 Å². The van der Waals surface area contributed by atoms with Crippen LogP contribution in [0, 0.1) is 17.1 Å². The Balaban J connectivity index is 2.22. The van der Waals surface area contributed by atoms with E-state index in [1.165, 1.54) is 12.1 Å². The Labute approximate surface area is 125 Å². The molecule has 0 saturated carbocycles. The Morgan fingerprint density at radius 3 is 2.50 bits per heavy atom. The van der Waals surface area contributed by atoms with Crippen molar-refractivity contribution in [2.75, 3.05) is 12.4 Å². The van der Waals surface area contributed by atoms with E-state index in [1.54, 1.807) is 25.3 Å². The molecule has 0 bridgehead atoms. The van der Waals surface area contributed by atoms with Gasteiger partial charge in [-0.05, 0) is 57.9 Å². The molecule has 0 saturated heterocycles. The van der Waals surface area contributed by atoms with Crippen molar-refractivity contribution in [3.05, 3.63) is 58.3 Å². The number of hydrogen-bond acceptors (Lipinski definition) is 3. The molecule has 5 heteroatoms. The van der Waals surface area contributed by atoms with Crippen LogP contribution in [0.4, 0.5) is 10.1 Å². The number of nitrogens with zero attached hydrogens (tertiary/aromatic N) is 1. The van der Waals surface area contributed by atoms with Crippen molar-refractivity contribution < 1.29 is 9.13 Å². The van der Waals surface area contributed by atoms with Gasteiger partial charge in [-0.15, -0.1) is 0 Å². The summed E-state index contributed by atoms with van der Waals surface area (Å²) in [6, 6.07) is 13.0. The van der Waals surface area contributed by atoms with Crippen LogP contribution >= 0.6 is 15.9 Å². The van der Waals surface area contributed by atoms with Crippen molar-refractivity contribution in [3.8, 4) is 11.8 Å². The number of hydrogen-bond donors (Lipinski definition) is 1. The van der Waals surface area contributed by atoms with Crippen LogP contribution in [0.2, 0.25) is 0 Å². The quantitative estimate of drug-likeness (QED) is 0.907. The van der Waals surface area contributed by atoms with Crippen LogP contribution in [0.1, 0.15) is 11.6 Å². The summed E-state index contributed by atoms with van der Waals surface area (Å²) in [7, 11) is 1.58. The minimum atomic E-state index is -0.525. The zero-order valence-corrected chi connectivity index (χ0v) is 12.3. The summed E-state index contributed by atoms with van der Waals surface area (Å²) in [6.45, 7) is 0. The van der Waals surface area contributed by atoms with Crippen LogP contribution in [-0.2, 0) is 0 Å². The van der Waals surface area contributed by atoms with Gasteiger partial charge in [-0.2, -0.15) is 5.26 Å². The summed E-state index contributed by atoms with van der Waals surface area (Å²) in [5, 5.41) is 12.3. The molecule has 0 aromatic heterocycles. The summed E-state index contributed by atoms with van der Waals surface area (Å²) < 4.78 is 18.8. The zero-order valence-electron chi connectivity index (χ0n) is 10.7. The number of halogens is 2. The largest absolute Gasteiger partial charge is 0.496 e.